The highest BCUT2D eigenvalue weighted by molar-refractivity contribution is 7.07. The quantitative estimate of drug-likeness (QED) is 0.540. The van der Waals surface area contributed by atoms with Crippen LogP contribution in [0.3, 0.4) is 0 Å². The molecule has 2 amide bonds. The number of hydrogen-bond acceptors (Lipinski definition) is 4. The predicted octanol–water partition coefficient (Wildman–Crippen LogP) is 4.63. The number of imidazole rings is 1. The fraction of sp³-hybridized carbons (Fsp3) is 0.0556. The minimum absolute atomic E-state index is 0.0256. The van der Waals surface area contributed by atoms with Crippen molar-refractivity contribution in [2.45, 2.75) is 0 Å². The van der Waals surface area contributed by atoms with Crippen LogP contribution in [0, 0.1) is 11.6 Å². The maximum atomic E-state index is 13.9. The maximum absolute atomic E-state index is 13.9. The van der Waals surface area contributed by atoms with Gasteiger partial charge in [0, 0.05) is 24.2 Å². The van der Waals surface area contributed by atoms with Gasteiger partial charge in [0.25, 0.3) is 0 Å². The van der Waals surface area contributed by atoms with E-state index in [1.54, 1.807) is 23.7 Å². The summed E-state index contributed by atoms with van der Waals surface area (Å²) >= 11 is 1.47. The number of nitrogens with zero attached hydrogens (tertiary/aromatic N) is 3. The molecule has 0 atom stereocenters. The van der Waals surface area contributed by atoms with Crippen molar-refractivity contribution in [2.75, 3.05) is 17.3 Å². The summed E-state index contributed by atoms with van der Waals surface area (Å²) in [4.78, 5) is 25.3. The van der Waals surface area contributed by atoms with E-state index in [2.05, 4.69) is 20.3 Å². The third kappa shape index (κ3) is 3.36. The maximum Gasteiger partial charge on any atom is 0.326 e. The van der Waals surface area contributed by atoms with Crippen molar-refractivity contribution in [3.05, 3.63) is 58.9 Å². The molecular formula is C18H13F2N5OS. The first-order chi connectivity index (χ1) is 13.0. The number of anilines is 2. The Hall–Kier alpha value is -3.33. The first-order valence-corrected chi connectivity index (χ1v) is 8.83. The number of nitrogens with one attached hydrogen (secondary N) is 2. The number of urea groups is 1. The van der Waals surface area contributed by atoms with Crippen LogP contribution in [0.2, 0.25) is 0 Å². The molecule has 0 radical (unpaired) electrons. The van der Waals surface area contributed by atoms with Crippen molar-refractivity contribution >= 4 is 39.8 Å². The molecule has 2 N–H and O–H groups in total. The fourth-order valence-corrected chi connectivity index (χ4v) is 3.14. The number of carbonyl (C=O) groups excluding carboxylic acids is 1. The van der Waals surface area contributed by atoms with Crippen molar-refractivity contribution in [3.63, 3.8) is 0 Å². The molecule has 0 aliphatic rings. The summed E-state index contributed by atoms with van der Waals surface area (Å²) in [6.45, 7) is 0. The summed E-state index contributed by atoms with van der Waals surface area (Å²) in [6.07, 6.45) is 0. The standard InChI is InChI=1S/C18H13F2N5OS/c1-25(16-5-2-10(19)6-12(16)20)18(26)22-11-3-4-13-14(7-11)24-17(23-13)15-8-27-9-21-15/h2-9H,1H3,(H,22,26)(H,23,24). The summed E-state index contributed by atoms with van der Waals surface area (Å²) in [6, 6.07) is 7.66. The molecule has 0 saturated carbocycles. The lowest BCUT2D eigenvalue weighted by Gasteiger charge is -2.18. The lowest BCUT2D eigenvalue weighted by Crippen LogP contribution is -2.31. The molecule has 2 aromatic carbocycles. The van der Waals surface area contributed by atoms with Gasteiger partial charge in [-0.05, 0) is 30.3 Å². The number of carbonyl (C=O) groups is 1. The van der Waals surface area contributed by atoms with Crippen molar-refractivity contribution in [2.24, 2.45) is 0 Å². The molecule has 2 aromatic heterocycles. The van der Waals surface area contributed by atoms with Gasteiger partial charge in [0.05, 0.1) is 22.2 Å². The topological polar surface area (TPSA) is 73.9 Å². The summed E-state index contributed by atoms with van der Waals surface area (Å²) < 4.78 is 26.9. The SMILES string of the molecule is CN(C(=O)Nc1ccc2nc(-c3cscn3)[nH]c2c1)c1ccc(F)cc1F. The van der Waals surface area contributed by atoms with E-state index in [1.807, 2.05) is 5.38 Å². The van der Waals surface area contributed by atoms with Crippen LogP contribution in [-0.2, 0) is 0 Å². The summed E-state index contributed by atoms with van der Waals surface area (Å²) in [7, 11) is 1.40. The van der Waals surface area contributed by atoms with Crippen molar-refractivity contribution < 1.29 is 13.6 Å². The number of hydrogen-bond donors (Lipinski definition) is 2. The van der Waals surface area contributed by atoms with Crippen LogP contribution in [0.25, 0.3) is 22.6 Å². The van der Waals surface area contributed by atoms with Crippen molar-refractivity contribution in [1.82, 2.24) is 15.0 Å². The molecule has 0 bridgehead atoms. The van der Waals surface area contributed by atoms with Gasteiger partial charge in [-0.1, -0.05) is 0 Å². The van der Waals surface area contributed by atoms with Gasteiger partial charge < -0.3 is 10.3 Å². The molecule has 9 heteroatoms. The van der Waals surface area contributed by atoms with E-state index < -0.39 is 17.7 Å². The molecule has 0 aliphatic heterocycles. The van der Waals surface area contributed by atoms with E-state index in [9.17, 15) is 13.6 Å². The smallest absolute Gasteiger partial charge is 0.326 e. The molecular weight excluding hydrogens is 372 g/mol. The Morgan fingerprint density at radius 2 is 2.07 bits per heavy atom. The molecule has 0 spiro atoms. The Balaban J connectivity index is 1.56. The van der Waals surface area contributed by atoms with Gasteiger partial charge in [-0.15, -0.1) is 11.3 Å². The highest BCUT2D eigenvalue weighted by Gasteiger charge is 2.16. The van der Waals surface area contributed by atoms with E-state index >= 15 is 0 Å². The first kappa shape index (κ1) is 17.1. The second-order valence-electron chi connectivity index (χ2n) is 5.78. The largest absolute Gasteiger partial charge is 0.337 e. The van der Waals surface area contributed by atoms with Crippen LogP contribution in [-0.4, -0.2) is 28.0 Å². The molecule has 0 fully saturated rings. The zero-order valence-corrected chi connectivity index (χ0v) is 14.8. The summed E-state index contributed by atoms with van der Waals surface area (Å²) in [5.41, 5.74) is 4.41. The molecule has 4 rings (SSSR count). The summed E-state index contributed by atoms with van der Waals surface area (Å²) in [5.74, 6) is -0.879. The number of H-pyrrole nitrogens is 1. The molecule has 27 heavy (non-hydrogen) atoms. The number of aromatic nitrogens is 3. The number of amides is 2. The number of benzene rings is 2. The lowest BCUT2D eigenvalue weighted by molar-refractivity contribution is 0.258. The number of halogens is 2. The van der Waals surface area contributed by atoms with Gasteiger partial charge in [0.15, 0.2) is 5.82 Å². The zero-order valence-electron chi connectivity index (χ0n) is 14.0. The van der Waals surface area contributed by atoms with E-state index in [4.69, 9.17) is 0 Å². The van der Waals surface area contributed by atoms with Crippen LogP contribution in [0.1, 0.15) is 0 Å². The van der Waals surface area contributed by atoms with Crippen LogP contribution in [0.5, 0.6) is 0 Å². The van der Waals surface area contributed by atoms with Gasteiger partial charge in [-0.3, -0.25) is 4.90 Å². The van der Waals surface area contributed by atoms with Gasteiger partial charge in [0.2, 0.25) is 0 Å². The van der Waals surface area contributed by atoms with E-state index in [-0.39, 0.29) is 5.69 Å². The minimum atomic E-state index is -0.815. The first-order valence-electron chi connectivity index (χ1n) is 7.89. The predicted molar refractivity (Wildman–Crippen MR) is 101 cm³/mol. The van der Waals surface area contributed by atoms with Gasteiger partial charge in [-0.25, -0.2) is 23.5 Å². The molecule has 0 aliphatic carbocycles. The second-order valence-corrected chi connectivity index (χ2v) is 6.49. The molecule has 6 nitrogen and oxygen atoms in total. The van der Waals surface area contributed by atoms with Gasteiger partial charge in [-0.2, -0.15) is 0 Å². The fourth-order valence-electron chi connectivity index (χ4n) is 2.61. The third-order valence-electron chi connectivity index (χ3n) is 3.98. The third-order valence-corrected chi connectivity index (χ3v) is 4.57. The van der Waals surface area contributed by atoms with Crippen LogP contribution < -0.4 is 10.2 Å². The van der Waals surface area contributed by atoms with Crippen LogP contribution in [0.4, 0.5) is 25.0 Å². The highest BCUT2D eigenvalue weighted by Crippen LogP contribution is 2.24. The zero-order chi connectivity index (χ0) is 19.0. The average Bonchev–Trinajstić information content (AvgIpc) is 3.30. The molecule has 4 aromatic rings. The molecule has 136 valence electrons. The number of rotatable bonds is 3. The number of fused-ring (bicyclic) bond motifs is 1. The number of thiazole rings is 1. The molecule has 2 heterocycles. The Labute approximate surface area is 156 Å². The van der Waals surface area contributed by atoms with Crippen LogP contribution in [0.15, 0.2) is 47.3 Å². The van der Waals surface area contributed by atoms with E-state index in [0.29, 0.717) is 11.5 Å². The monoisotopic (exact) mass is 385 g/mol. The van der Waals surface area contributed by atoms with Crippen LogP contribution >= 0.6 is 11.3 Å². The van der Waals surface area contributed by atoms with Gasteiger partial charge in [0.1, 0.15) is 17.3 Å². The Morgan fingerprint density at radius 3 is 2.81 bits per heavy atom. The van der Waals surface area contributed by atoms with E-state index in [1.165, 1.54) is 24.5 Å². The normalized spacial score (nSPS) is 10.9. The van der Waals surface area contributed by atoms with Crippen molar-refractivity contribution in [3.8, 4) is 11.5 Å². The summed E-state index contributed by atoms with van der Waals surface area (Å²) in [5, 5.41) is 4.56. The Bertz CT molecular complexity index is 1130. The van der Waals surface area contributed by atoms with E-state index in [0.717, 1.165) is 33.8 Å². The molecule has 0 saturated heterocycles. The molecule has 0 unspecified atom stereocenters. The number of aromatic amines is 1. The average molecular weight is 385 g/mol. The highest BCUT2D eigenvalue weighted by atomic mass is 32.1. The van der Waals surface area contributed by atoms with Crippen molar-refractivity contribution in [1.29, 1.82) is 0 Å². The Kier molecular flexibility index (Phi) is 4.28. The minimum Gasteiger partial charge on any atom is -0.337 e. The second kappa shape index (κ2) is 6.76. The lowest BCUT2D eigenvalue weighted by atomic mass is 10.2. The van der Waals surface area contributed by atoms with Gasteiger partial charge >= 0.3 is 6.03 Å². The Morgan fingerprint density at radius 1 is 1.22 bits per heavy atom.